The number of hydrogen-bond donors (Lipinski definition) is 1. The first-order valence-electron chi connectivity index (χ1n) is 6.79. The lowest BCUT2D eigenvalue weighted by Gasteiger charge is -2.13. The van der Waals surface area contributed by atoms with Crippen LogP contribution in [0.4, 0.5) is 5.69 Å². The maximum atomic E-state index is 5.55. The van der Waals surface area contributed by atoms with Crippen molar-refractivity contribution in [2.75, 3.05) is 5.32 Å². The van der Waals surface area contributed by atoms with Crippen molar-refractivity contribution < 1.29 is 4.42 Å². The second-order valence-electron chi connectivity index (χ2n) is 4.91. The van der Waals surface area contributed by atoms with E-state index in [1.807, 2.05) is 29.1 Å². The number of anilines is 1. The summed E-state index contributed by atoms with van der Waals surface area (Å²) in [5.74, 6) is 0.905. The molecule has 0 amide bonds. The average molecular weight is 346 g/mol. The van der Waals surface area contributed by atoms with Crippen molar-refractivity contribution in [1.29, 1.82) is 0 Å². The van der Waals surface area contributed by atoms with Gasteiger partial charge in [-0.05, 0) is 58.7 Å². The van der Waals surface area contributed by atoms with E-state index >= 15 is 0 Å². The molecule has 4 nitrogen and oxygen atoms in total. The highest BCUT2D eigenvalue weighted by Crippen LogP contribution is 2.23. The molecule has 0 aliphatic rings. The Bertz CT molecular complexity index is 689. The fraction of sp³-hybridized carbons (Fsp3) is 0.188. The fourth-order valence-electron chi connectivity index (χ4n) is 2.17. The van der Waals surface area contributed by atoms with E-state index < -0.39 is 0 Å². The quantitative estimate of drug-likeness (QED) is 0.742. The van der Waals surface area contributed by atoms with Gasteiger partial charge in [0.15, 0.2) is 4.67 Å². The van der Waals surface area contributed by atoms with Gasteiger partial charge in [-0.25, -0.2) is 0 Å². The standard InChI is InChI=1S/C16H16BrN3O/c1-12(15-7-8-16(17)21-15)19-14-5-3-13(4-6-14)11-20-10-2-9-18-20/h2-10,12,19H,11H2,1H3. The van der Waals surface area contributed by atoms with Crippen LogP contribution in [0.2, 0.25) is 0 Å². The molecule has 3 rings (SSSR count). The third-order valence-corrected chi connectivity index (χ3v) is 3.69. The van der Waals surface area contributed by atoms with Crippen LogP contribution >= 0.6 is 15.9 Å². The van der Waals surface area contributed by atoms with Gasteiger partial charge in [-0.1, -0.05) is 12.1 Å². The third-order valence-electron chi connectivity index (χ3n) is 3.26. The molecule has 3 aromatic rings. The Kier molecular flexibility index (Phi) is 4.10. The zero-order valence-electron chi connectivity index (χ0n) is 11.7. The molecular weight excluding hydrogens is 330 g/mol. The molecule has 0 radical (unpaired) electrons. The molecule has 0 aliphatic heterocycles. The van der Waals surface area contributed by atoms with Crippen molar-refractivity contribution in [3.05, 3.63) is 70.9 Å². The van der Waals surface area contributed by atoms with E-state index in [2.05, 4.69) is 57.5 Å². The van der Waals surface area contributed by atoms with E-state index in [-0.39, 0.29) is 6.04 Å². The molecule has 1 N–H and O–H groups in total. The molecule has 2 heterocycles. The first kappa shape index (κ1) is 13.9. The largest absolute Gasteiger partial charge is 0.452 e. The number of hydrogen-bond acceptors (Lipinski definition) is 3. The summed E-state index contributed by atoms with van der Waals surface area (Å²) >= 11 is 3.32. The van der Waals surface area contributed by atoms with Crippen LogP contribution in [-0.2, 0) is 6.54 Å². The maximum absolute atomic E-state index is 5.55. The van der Waals surface area contributed by atoms with Gasteiger partial charge in [-0.2, -0.15) is 5.10 Å². The summed E-state index contributed by atoms with van der Waals surface area (Å²) in [7, 11) is 0. The molecule has 108 valence electrons. The summed E-state index contributed by atoms with van der Waals surface area (Å²) in [6, 6.07) is 14.3. The zero-order chi connectivity index (χ0) is 14.7. The van der Waals surface area contributed by atoms with Crippen molar-refractivity contribution in [3.63, 3.8) is 0 Å². The lowest BCUT2D eigenvalue weighted by atomic mass is 10.2. The normalized spacial score (nSPS) is 12.3. The molecular formula is C16H16BrN3O. The highest BCUT2D eigenvalue weighted by Gasteiger charge is 2.09. The molecule has 2 aromatic heterocycles. The van der Waals surface area contributed by atoms with Crippen molar-refractivity contribution in [2.45, 2.75) is 19.5 Å². The van der Waals surface area contributed by atoms with Gasteiger partial charge in [0, 0.05) is 18.1 Å². The molecule has 1 atom stereocenters. The van der Waals surface area contributed by atoms with Crippen molar-refractivity contribution in [1.82, 2.24) is 9.78 Å². The molecule has 5 heteroatoms. The Morgan fingerprint density at radius 3 is 2.67 bits per heavy atom. The van der Waals surface area contributed by atoms with Crippen molar-refractivity contribution in [2.24, 2.45) is 0 Å². The van der Waals surface area contributed by atoms with Crippen LogP contribution in [0, 0.1) is 0 Å². The second-order valence-corrected chi connectivity index (χ2v) is 5.69. The minimum Gasteiger partial charge on any atom is -0.452 e. The molecule has 1 aromatic carbocycles. The third kappa shape index (κ3) is 3.55. The van der Waals surface area contributed by atoms with E-state index in [9.17, 15) is 0 Å². The Hall–Kier alpha value is -2.01. The van der Waals surface area contributed by atoms with Gasteiger partial charge in [0.1, 0.15) is 5.76 Å². The van der Waals surface area contributed by atoms with Gasteiger partial charge in [-0.3, -0.25) is 4.68 Å². The predicted octanol–water partition coefficient (Wildman–Crippen LogP) is 4.46. The molecule has 0 saturated carbocycles. The van der Waals surface area contributed by atoms with Gasteiger partial charge in [-0.15, -0.1) is 0 Å². The molecule has 0 aliphatic carbocycles. The minimum atomic E-state index is 0.119. The lowest BCUT2D eigenvalue weighted by Crippen LogP contribution is -2.06. The first-order valence-corrected chi connectivity index (χ1v) is 7.58. The summed E-state index contributed by atoms with van der Waals surface area (Å²) in [5, 5.41) is 7.63. The van der Waals surface area contributed by atoms with Gasteiger partial charge in [0.25, 0.3) is 0 Å². The zero-order valence-corrected chi connectivity index (χ0v) is 13.2. The van der Waals surface area contributed by atoms with E-state index in [4.69, 9.17) is 4.42 Å². The molecule has 21 heavy (non-hydrogen) atoms. The summed E-state index contributed by atoms with van der Waals surface area (Å²) in [6.07, 6.45) is 3.75. The Morgan fingerprint density at radius 2 is 2.05 bits per heavy atom. The smallest absolute Gasteiger partial charge is 0.169 e. The highest BCUT2D eigenvalue weighted by molar-refractivity contribution is 9.10. The van der Waals surface area contributed by atoms with Crippen LogP contribution in [0.1, 0.15) is 24.3 Å². The fourth-order valence-corrected chi connectivity index (χ4v) is 2.49. The topological polar surface area (TPSA) is 43.0 Å². The number of nitrogens with one attached hydrogen (secondary N) is 1. The van der Waals surface area contributed by atoms with E-state index in [1.54, 1.807) is 6.20 Å². The Balaban J connectivity index is 1.64. The molecule has 0 saturated heterocycles. The summed E-state index contributed by atoms with van der Waals surface area (Å²) in [4.78, 5) is 0. The minimum absolute atomic E-state index is 0.119. The van der Waals surface area contributed by atoms with Crippen LogP contribution in [0.3, 0.4) is 0 Å². The van der Waals surface area contributed by atoms with Gasteiger partial charge in [0.2, 0.25) is 0 Å². The number of halogens is 1. The van der Waals surface area contributed by atoms with Crippen LogP contribution in [0.5, 0.6) is 0 Å². The molecule has 0 bridgehead atoms. The van der Waals surface area contributed by atoms with Crippen molar-refractivity contribution in [3.8, 4) is 0 Å². The maximum Gasteiger partial charge on any atom is 0.169 e. The van der Waals surface area contributed by atoms with Gasteiger partial charge in [0.05, 0.1) is 12.6 Å². The predicted molar refractivity (Wildman–Crippen MR) is 86.2 cm³/mol. The average Bonchev–Trinajstić information content (AvgIpc) is 3.12. The highest BCUT2D eigenvalue weighted by atomic mass is 79.9. The van der Waals surface area contributed by atoms with Crippen LogP contribution in [0.25, 0.3) is 0 Å². The van der Waals surface area contributed by atoms with Crippen LogP contribution in [0.15, 0.2) is 63.9 Å². The molecule has 0 spiro atoms. The summed E-state index contributed by atoms with van der Waals surface area (Å²) < 4.78 is 8.21. The van der Waals surface area contributed by atoms with Gasteiger partial charge < -0.3 is 9.73 Å². The summed E-state index contributed by atoms with van der Waals surface area (Å²) in [6.45, 7) is 2.86. The Labute approximate surface area is 131 Å². The number of benzene rings is 1. The molecule has 0 fully saturated rings. The van der Waals surface area contributed by atoms with Crippen molar-refractivity contribution >= 4 is 21.6 Å². The molecule has 1 unspecified atom stereocenters. The number of rotatable bonds is 5. The number of nitrogens with zero attached hydrogens (tertiary/aromatic N) is 2. The van der Waals surface area contributed by atoms with Crippen LogP contribution in [-0.4, -0.2) is 9.78 Å². The van der Waals surface area contributed by atoms with E-state index in [1.165, 1.54) is 5.56 Å². The lowest BCUT2D eigenvalue weighted by molar-refractivity contribution is 0.471. The first-order chi connectivity index (χ1) is 10.2. The SMILES string of the molecule is CC(Nc1ccc(Cn2cccn2)cc1)c1ccc(Br)o1. The Morgan fingerprint density at radius 1 is 1.24 bits per heavy atom. The number of furan rings is 1. The van der Waals surface area contributed by atoms with E-state index in [0.717, 1.165) is 22.7 Å². The van der Waals surface area contributed by atoms with Gasteiger partial charge >= 0.3 is 0 Å². The monoisotopic (exact) mass is 345 g/mol. The van der Waals surface area contributed by atoms with E-state index in [0.29, 0.717) is 0 Å². The second kappa shape index (κ2) is 6.18. The summed E-state index contributed by atoms with van der Waals surface area (Å²) in [5.41, 5.74) is 2.29. The van der Waals surface area contributed by atoms with Crippen LogP contribution < -0.4 is 5.32 Å². The number of aromatic nitrogens is 2.